The number of amides is 1. The highest BCUT2D eigenvalue weighted by molar-refractivity contribution is 5.78. The third-order valence-corrected chi connectivity index (χ3v) is 2.05. The Labute approximate surface area is 94.1 Å². The van der Waals surface area contributed by atoms with E-state index in [9.17, 15) is 22.8 Å². The molecule has 1 amide bonds. The fourth-order valence-electron chi connectivity index (χ4n) is 1.24. The van der Waals surface area contributed by atoms with E-state index in [2.05, 4.69) is 0 Å². The van der Waals surface area contributed by atoms with Gasteiger partial charge in [-0.25, -0.2) is 4.79 Å². The Morgan fingerprint density at radius 2 is 1.82 bits per heavy atom. The molecule has 2 N–H and O–H groups in total. The van der Waals surface area contributed by atoms with Crippen LogP contribution in [0.25, 0.3) is 0 Å². The molecule has 0 fully saturated rings. The van der Waals surface area contributed by atoms with Crippen LogP contribution < -0.4 is 5.32 Å². The van der Waals surface area contributed by atoms with Crippen LogP contribution in [-0.4, -0.2) is 17.5 Å². The smallest absolute Gasteiger partial charge is 0.416 e. The van der Waals surface area contributed by atoms with Crippen LogP contribution in [0.3, 0.4) is 0 Å². The average molecular weight is 247 g/mol. The van der Waals surface area contributed by atoms with Crippen LogP contribution >= 0.6 is 0 Å². The maximum Gasteiger partial charge on any atom is 0.416 e. The van der Waals surface area contributed by atoms with Gasteiger partial charge in [-0.1, -0.05) is 12.1 Å². The van der Waals surface area contributed by atoms with Crippen LogP contribution in [0, 0.1) is 0 Å². The molecule has 0 aliphatic carbocycles. The summed E-state index contributed by atoms with van der Waals surface area (Å²) >= 11 is 0. The summed E-state index contributed by atoms with van der Waals surface area (Å²) in [6.45, 7) is 0. The predicted octanol–water partition coefficient (Wildman–Crippen LogP) is 1.58. The molecule has 0 heterocycles. The molecule has 1 rings (SSSR count). The van der Waals surface area contributed by atoms with Crippen LogP contribution in [0.1, 0.15) is 17.2 Å². The topological polar surface area (TPSA) is 66.4 Å². The van der Waals surface area contributed by atoms with Crippen molar-refractivity contribution in [1.29, 1.82) is 0 Å². The third kappa shape index (κ3) is 3.20. The molecule has 17 heavy (non-hydrogen) atoms. The van der Waals surface area contributed by atoms with Crippen molar-refractivity contribution in [3.8, 4) is 0 Å². The Hall–Kier alpha value is -2.05. The largest absolute Gasteiger partial charge is 0.479 e. The number of halogens is 3. The number of carboxylic acids is 1. The van der Waals surface area contributed by atoms with E-state index in [0.29, 0.717) is 0 Å². The number of carbonyl (C=O) groups excluding carboxylic acids is 1. The molecule has 1 unspecified atom stereocenters. The molecule has 92 valence electrons. The highest BCUT2D eigenvalue weighted by Crippen LogP contribution is 2.29. The Kier molecular flexibility index (Phi) is 3.72. The van der Waals surface area contributed by atoms with Crippen molar-refractivity contribution >= 4 is 12.4 Å². The van der Waals surface area contributed by atoms with E-state index in [1.807, 2.05) is 5.32 Å². The molecule has 1 aromatic carbocycles. The van der Waals surface area contributed by atoms with Crippen LogP contribution in [0.2, 0.25) is 0 Å². The molecule has 0 bridgehead atoms. The van der Waals surface area contributed by atoms with Gasteiger partial charge in [-0.05, 0) is 17.7 Å². The lowest BCUT2D eigenvalue weighted by molar-refractivity contribution is -0.140. The lowest BCUT2D eigenvalue weighted by Crippen LogP contribution is -2.27. The first-order valence-electron chi connectivity index (χ1n) is 4.46. The number of alkyl halides is 3. The van der Waals surface area contributed by atoms with Gasteiger partial charge in [0.1, 0.15) is 0 Å². The van der Waals surface area contributed by atoms with Gasteiger partial charge < -0.3 is 10.4 Å². The molecule has 0 aliphatic rings. The van der Waals surface area contributed by atoms with E-state index in [4.69, 9.17) is 5.11 Å². The summed E-state index contributed by atoms with van der Waals surface area (Å²) in [6.07, 6.45) is -4.30. The van der Waals surface area contributed by atoms with E-state index >= 15 is 0 Å². The fourth-order valence-corrected chi connectivity index (χ4v) is 1.24. The van der Waals surface area contributed by atoms with Crippen LogP contribution in [0.15, 0.2) is 24.3 Å². The van der Waals surface area contributed by atoms with Gasteiger partial charge in [0, 0.05) is 0 Å². The number of nitrogens with one attached hydrogen (secondary N) is 1. The summed E-state index contributed by atoms with van der Waals surface area (Å²) in [6, 6.07) is 2.20. The summed E-state index contributed by atoms with van der Waals surface area (Å²) in [4.78, 5) is 20.9. The van der Waals surface area contributed by atoms with E-state index in [1.165, 1.54) is 0 Å². The standard InChI is InChI=1S/C10H8F3NO3/c11-10(12,13)7-3-1-6(2-4-7)8(9(16)17)14-5-15/h1-5,8H,(H,14,15)(H,16,17). The SMILES string of the molecule is O=CNC(C(=O)O)c1ccc(C(F)(F)F)cc1. The second-order valence-electron chi connectivity index (χ2n) is 3.18. The second kappa shape index (κ2) is 4.86. The van der Waals surface area contributed by atoms with Gasteiger partial charge in [-0.2, -0.15) is 13.2 Å². The first-order chi connectivity index (χ1) is 7.86. The van der Waals surface area contributed by atoms with Crippen LogP contribution in [0.5, 0.6) is 0 Å². The summed E-state index contributed by atoms with van der Waals surface area (Å²) in [7, 11) is 0. The molecule has 0 saturated heterocycles. The van der Waals surface area contributed by atoms with Crippen LogP contribution in [-0.2, 0) is 15.8 Å². The molecule has 7 heteroatoms. The van der Waals surface area contributed by atoms with Gasteiger partial charge >= 0.3 is 12.1 Å². The monoisotopic (exact) mass is 247 g/mol. The van der Waals surface area contributed by atoms with Gasteiger partial charge in [-0.15, -0.1) is 0 Å². The minimum absolute atomic E-state index is 0.0672. The molecule has 0 spiro atoms. The van der Waals surface area contributed by atoms with Crippen molar-refractivity contribution < 1.29 is 27.9 Å². The lowest BCUT2D eigenvalue weighted by Gasteiger charge is -2.12. The quantitative estimate of drug-likeness (QED) is 0.794. The molecular weight excluding hydrogens is 239 g/mol. The molecule has 0 saturated carbocycles. The number of hydrogen-bond donors (Lipinski definition) is 2. The Balaban J connectivity index is 3.00. The van der Waals surface area contributed by atoms with Crippen molar-refractivity contribution in [1.82, 2.24) is 5.32 Å². The Morgan fingerprint density at radius 1 is 1.29 bits per heavy atom. The molecule has 0 radical (unpaired) electrons. The zero-order valence-corrected chi connectivity index (χ0v) is 8.36. The summed E-state index contributed by atoms with van der Waals surface area (Å²) in [5.74, 6) is -1.35. The Morgan fingerprint density at radius 3 is 2.18 bits per heavy atom. The summed E-state index contributed by atoms with van der Waals surface area (Å²) < 4.78 is 36.7. The molecule has 1 atom stereocenters. The van der Waals surface area contributed by atoms with Gasteiger partial charge in [-0.3, -0.25) is 4.79 Å². The van der Waals surface area contributed by atoms with Gasteiger partial charge in [0.2, 0.25) is 6.41 Å². The maximum absolute atomic E-state index is 12.2. The van der Waals surface area contributed by atoms with Crippen molar-refractivity contribution in [3.05, 3.63) is 35.4 Å². The number of carboxylic acid groups (broad SMARTS) is 1. The zero-order valence-electron chi connectivity index (χ0n) is 8.36. The predicted molar refractivity (Wildman–Crippen MR) is 51.0 cm³/mol. The highest BCUT2D eigenvalue weighted by Gasteiger charge is 2.30. The van der Waals surface area contributed by atoms with Crippen molar-refractivity contribution in [3.63, 3.8) is 0 Å². The van der Waals surface area contributed by atoms with E-state index in [-0.39, 0.29) is 12.0 Å². The van der Waals surface area contributed by atoms with E-state index < -0.39 is 23.8 Å². The second-order valence-corrected chi connectivity index (χ2v) is 3.18. The number of hydrogen-bond acceptors (Lipinski definition) is 2. The first-order valence-corrected chi connectivity index (χ1v) is 4.46. The molecule has 0 aromatic heterocycles. The van der Waals surface area contributed by atoms with Gasteiger partial charge in [0.05, 0.1) is 5.56 Å². The molecular formula is C10H8F3NO3. The number of carbonyl (C=O) groups is 2. The average Bonchev–Trinajstić information content (AvgIpc) is 2.24. The van der Waals surface area contributed by atoms with Crippen LogP contribution in [0.4, 0.5) is 13.2 Å². The normalized spacial score (nSPS) is 12.9. The minimum Gasteiger partial charge on any atom is -0.479 e. The minimum atomic E-state index is -4.48. The number of rotatable bonds is 4. The van der Waals surface area contributed by atoms with Crippen molar-refractivity contribution in [2.75, 3.05) is 0 Å². The lowest BCUT2D eigenvalue weighted by atomic mass is 10.0. The summed E-state index contributed by atoms with van der Waals surface area (Å²) in [5.41, 5.74) is -0.811. The Bertz CT molecular complexity index is 414. The first kappa shape index (κ1) is 13.0. The molecule has 1 aromatic rings. The van der Waals surface area contributed by atoms with Crippen molar-refractivity contribution in [2.24, 2.45) is 0 Å². The van der Waals surface area contributed by atoms with Gasteiger partial charge in [0.15, 0.2) is 6.04 Å². The number of aliphatic carboxylic acids is 1. The molecule has 0 aliphatic heterocycles. The van der Waals surface area contributed by atoms with E-state index in [0.717, 1.165) is 24.3 Å². The summed E-state index contributed by atoms with van der Waals surface area (Å²) in [5, 5.41) is 10.7. The highest BCUT2D eigenvalue weighted by atomic mass is 19.4. The van der Waals surface area contributed by atoms with Gasteiger partial charge in [0.25, 0.3) is 0 Å². The van der Waals surface area contributed by atoms with Crippen molar-refractivity contribution in [2.45, 2.75) is 12.2 Å². The maximum atomic E-state index is 12.2. The molecule has 4 nitrogen and oxygen atoms in total. The zero-order chi connectivity index (χ0) is 13.1. The number of benzene rings is 1. The third-order valence-electron chi connectivity index (χ3n) is 2.05. The van der Waals surface area contributed by atoms with E-state index in [1.54, 1.807) is 0 Å². The fraction of sp³-hybridized carbons (Fsp3) is 0.200.